The minimum absolute atomic E-state index is 0.116. The van der Waals surface area contributed by atoms with Gasteiger partial charge in [0.2, 0.25) is 0 Å². The number of aryl methyl sites for hydroxylation is 2. The molecule has 1 amide bonds. The molecule has 0 radical (unpaired) electrons. The first kappa shape index (κ1) is 15.0. The average Bonchev–Trinajstić information content (AvgIpc) is 2.93. The summed E-state index contributed by atoms with van der Waals surface area (Å²) in [5, 5.41) is 17.5. The molecule has 1 aromatic heterocycles. The number of nitrogens with zero attached hydrogens (tertiary/aromatic N) is 4. The van der Waals surface area contributed by atoms with Crippen LogP contribution in [0.2, 0.25) is 0 Å². The first-order valence-corrected chi connectivity index (χ1v) is 6.97. The van der Waals surface area contributed by atoms with E-state index < -0.39 is 0 Å². The first-order valence-electron chi connectivity index (χ1n) is 6.97. The van der Waals surface area contributed by atoms with Crippen LogP contribution in [-0.2, 0) is 13.1 Å². The molecule has 0 aliphatic carbocycles. The highest BCUT2D eigenvalue weighted by Crippen LogP contribution is 2.18. The second kappa shape index (κ2) is 6.83. The Labute approximate surface area is 123 Å². The number of nitrogens with one attached hydrogen (secondary N) is 2. The predicted molar refractivity (Wildman–Crippen MR) is 80.0 cm³/mol. The van der Waals surface area contributed by atoms with Crippen molar-refractivity contribution in [2.75, 3.05) is 12.4 Å². The van der Waals surface area contributed by atoms with Crippen LogP contribution in [0.15, 0.2) is 18.2 Å². The number of amides is 1. The van der Waals surface area contributed by atoms with E-state index in [0.717, 1.165) is 30.0 Å². The number of benzene rings is 1. The number of carbonyl (C=O) groups is 1. The van der Waals surface area contributed by atoms with Gasteiger partial charge in [0.1, 0.15) is 0 Å². The molecule has 0 aliphatic rings. The molecule has 0 saturated carbocycles. The molecule has 21 heavy (non-hydrogen) atoms. The molecular weight excluding hydrogens is 268 g/mol. The lowest BCUT2D eigenvalue weighted by atomic mass is 10.1. The summed E-state index contributed by atoms with van der Waals surface area (Å²) in [5.74, 6) is 0.634. The van der Waals surface area contributed by atoms with E-state index in [2.05, 4.69) is 33.1 Å². The first-order chi connectivity index (χ1) is 10.2. The molecule has 0 fully saturated rings. The highest BCUT2D eigenvalue weighted by Gasteiger charge is 2.11. The Bertz CT molecular complexity index is 622. The van der Waals surface area contributed by atoms with Gasteiger partial charge in [0.25, 0.3) is 5.91 Å². The summed E-state index contributed by atoms with van der Waals surface area (Å²) in [7, 11) is 1.62. The molecule has 2 aromatic rings. The van der Waals surface area contributed by atoms with E-state index in [0.29, 0.717) is 12.1 Å². The molecule has 0 saturated heterocycles. The Morgan fingerprint density at radius 2 is 2.19 bits per heavy atom. The molecule has 2 N–H and O–H groups in total. The van der Waals surface area contributed by atoms with Crippen LogP contribution in [0.3, 0.4) is 0 Å². The monoisotopic (exact) mass is 288 g/mol. The van der Waals surface area contributed by atoms with E-state index >= 15 is 0 Å². The lowest BCUT2D eigenvalue weighted by Crippen LogP contribution is -2.20. The SMILES string of the molecule is CCCn1nnnc1CNc1ccc(C)cc1C(=O)NC. The predicted octanol–water partition coefficient (Wildman–Crippen LogP) is 1.36. The quantitative estimate of drug-likeness (QED) is 0.838. The molecule has 0 bridgehead atoms. The smallest absolute Gasteiger partial charge is 0.253 e. The van der Waals surface area contributed by atoms with Crippen molar-refractivity contribution in [2.24, 2.45) is 0 Å². The van der Waals surface area contributed by atoms with Gasteiger partial charge in [0, 0.05) is 19.3 Å². The summed E-state index contributed by atoms with van der Waals surface area (Å²) >= 11 is 0. The van der Waals surface area contributed by atoms with Gasteiger partial charge in [-0.1, -0.05) is 18.6 Å². The van der Waals surface area contributed by atoms with E-state index in [1.807, 2.05) is 25.1 Å². The Hall–Kier alpha value is -2.44. The summed E-state index contributed by atoms with van der Waals surface area (Å²) in [6, 6.07) is 5.72. The number of carbonyl (C=O) groups excluding carboxylic acids is 1. The Kier molecular flexibility index (Phi) is 4.86. The fourth-order valence-electron chi connectivity index (χ4n) is 2.04. The van der Waals surface area contributed by atoms with Crippen LogP contribution in [0, 0.1) is 6.92 Å². The van der Waals surface area contributed by atoms with Gasteiger partial charge < -0.3 is 10.6 Å². The summed E-state index contributed by atoms with van der Waals surface area (Å²) in [5.41, 5.74) is 2.42. The largest absolute Gasteiger partial charge is 0.377 e. The van der Waals surface area contributed by atoms with Gasteiger partial charge in [-0.3, -0.25) is 4.79 Å². The zero-order chi connectivity index (χ0) is 15.2. The molecule has 0 spiro atoms. The van der Waals surface area contributed by atoms with Crippen LogP contribution in [0.5, 0.6) is 0 Å². The maximum Gasteiger partial charge on any atom is 0.253 e. The Morgan fingerprint density at radius 3 is 2.90 bits per heavy atom. The van der Waals surface area contributed by atoms with E-state index in [9.17, 15) is 4.79 Å². The summed E-state index contributed by atoms with van der Waals surface area (Å²) < 4.78 is 1.76. The van der Waals surface area contributed by atoms with Crippen molar-refractivity contribution in [1.82, 2.24) is 25.5 Å². The standard InChI is InChI=1S/C14H20N6O/c1-4-7-20-13(17-18-19-20)9-16-12-6-5-10(2)8-11(12)14(21)15-3/h5-6,8,16H,4,7,9H2,1-3H3,(H,15,21). The van der Waals surface area contributed by atoms with Crippen LogP contribution >= 0.6 is 0 Å². The lowest BCUT2D eigenvalue weighted by Gasteiger charge is -2.12. The molecule has 2 rings (SSSR count). The van der Waals surface area contributed by atoms with Gasteiger partial charge in [-0.15, -0.1) is 5.10 Å². The van der Waals surface area contributed by atoms with Gasteiger partial charge in [0.15, 0.2) is 5.82 Å². The number of tetrazole rings is 1. The number of hydrogen-bond acceptors (Lipinski definition) is 5. The molecule has 0 unspecified atom stereocenters. The van der Waals surface area contributed by atoms with Gasteiger partial charge in [-0.05, 0) is 35.9 Å². The molecule has 1 aromatic carbocycles. The van der Waals surface area contributed by atoms with Gasteiger partial charge in [-0.2, -0.15) is 0 Å². The summed E-state index contributed by atoms with van der Waals surface area (Å²) in [6.07, 6.45) is 0.964. The fraction of sp³-hybridized carbons (Fsp3) is 0.429. The van der Waals surface area contributed by atoms with Gasteiger partial charge in [-0.25, -0.2) is 4.68 Å². The zero-order valence-corrected chi connectivity index (χ0v) is 12.6. The van der Waals surface area contributed by atoms with Crippen LogP contribution in [0.1, 0.15) is 35.1 Å². The third-order valence-electron chi connectivity index (χ3n) is 3.13. The topological polar surface area (TPSA) is 84.7 Å². The Morgan fingerprint density at radius 1 is 1.38 bits per heavy atom. The van der Waals surface area contributed by atoms with Crippen LogP contribution in [0.25, 0.3) is 0 Å². The van der Waals surface area contributed by atoms with Crippen molar-refractivity contribution in [1.29, 1.82) is 0 Å². The third kappa shape index (κ3) is 3.56. The highest BCUT2D eigenvalue weighted by molar-refractivity contribution is 5.99. The van der Waals surface area contributed by atoms with Crippen molar-refractivity contribution < 1.29 is 4.79 Å². The summed E-state index contributed by atoms with van der Waals surface area (Å²) in [4.78, 5) is 11.9. The maximum absolute atomic E-state index is 11.9. The van der Waals surface area contributed by atoms with Crippen LogP contribution in [-0.4, -0.2) is 33.2 Å². The van der Waals surface area contributed by atoms with Gasteiger partial charge in [0.05, 0.1) is 12.1 Å². The molecule has 7 heteroatoms. The number of hydrogen-bond donors (Lipinski definition) is 2. The van der Waals surface area contributed by atoms with Crippen LogP contribution < -0.4 is 10.6 Å². The number of aromatic nitrogens is 4. The molecule has 7 nitrogen and oxygen atoms in total. The van der Waals surface area contributed by atoms with Gasteiger partial charge >= 0.3 is 0 Å². The zero-order valence-electron chi connectivity index (χ0n) is 12.6. The minimum atomic E-state index is -0.116. The van der Waals surface area contributed by atoms with Crippen molar-refractivity contribution in [3.8, 4) is 0 Å². The Balaban J connectivity index is 2.16. The van der Waals surface area contributed by atoms with E-state index in [4.69, 9.17) is 0 Å². The molecule has 1 heterocycles. The van der Waals surface area contributed by atoms with Crippen molar-refractivity contribution in [3.63, 3.8) is 0 Å². The minimum Gasteiger partial charge on any atom is -0.377 e. The number of rotatable bonds is 6. The van der Waals surface area contributed by atoms with E-state index in [1.54, 1.807) is 11.7 Å². The average molecular weight is 288 g/mol. The normalized spacial score (nSPS) is 10.4. The second-order valence-electron chi connectivity index (χ2n) is 4.80. The fourth-order valence-corrected chi connectivity index (χ4v) is 2.04. The molecule has 0 aliphatic heterocycles. The van der Waals surface area contributed by atoms with E-state index in [1.165, 1.54) is 0 Å². The third-order valence-corrected chi connectivity index (χ3v) is 3.13. The molecule has 0 atom stereocenters. The van der Waals surface area contributed by atoms with Crippen LogP contribution in [0.4, 0.5) is 5.69 Å². The van der Waals surface area contributed by atoms with E-state index in [-0.39, 0.29) is 5.91 Å². The molecular formula is C14H20N6O. The summed E-state index contributed by atoms with van der Waals surface area (Å²) in [6.45, 7) is 5.28. The highest BCUT2D eigenvalue weighted by atomic mass is 16.1. The van der Waals surface area contributed by atoms with Crippen molar-refractivity contribution in [3.05, 3.63) is 35.2 Å². The van der Waals surface area contributed by atoms with Crippen molar-refractivity contribution >= 4 is 11.6 Å². The second-order valence-corrected chi connectivity index (χ2v) is 4.80. The maximum atomic E-state index is 11.9. The number of anilines is 1. The van der Waals surface area contributed by atoms with Crippen molar-refractivity contribution in [2.45, 2.75) is 33.4 Å². The lowest BCUT2D eigenvalue weighted by molar-refractivity contribution is 0.0964. The molecule has 112 valence electrons.